The zero-order valence-electron chi connectivity index (χ0n) is 12.6. The lowest BCUT2D eigenvalue weighted by Crippen LogP contribution is -2.40. The van der Waals surface area contributed by atoms with E-state index in [-0.39, 0.29) is 12.0 Å². The molecule has 1 aliphatic heterocycles. The number of hydrogen-bond acceptors (Lipinski definition) is 2. The monoisotopic (exact) mass is 287 g/mol. The summed E-state index contributed by atoms with van der Waals surface area (Å²) in [6.07, 6.45) is 7.99. The summed E-state index contributed by atoms with van der Waals surface area (Å²) < 4.78 is 0. The maximum Gasteiger partial charge on any atom is 0.227 e. The second-order valence-electron chi connectivity index (χ2n) is 6.45. The molecule has 1 fully saturated rings. The Morgan fingerprint density at radius 2 is 1.86 bits per heavy atom. The molecular formula is C18H25NO2. The van der Waals surface area contributed by atoms with E-state index in [0.29, 0.717) is 18.9 Å². The van der Waals surface area contributed by atoms with Crippen LogP contribution < -0.4 is 4.90 Å². The highest BCUT2D eigenvalue weighted by atomic mass is 16.3. The normalized spacial score (nSPS) is 21.8. The molecule has 3 rings (SSSR count). The number of anilines is 1. The Bertz CT molecular complexity index is 494. The van der Waals surface area contributed by atoms with Crippen molar-refractivity contribution in [1.82, 2.24) is 0 Å². The van der Waals surface area contributed by atoms with E-state index in [1.807, 2.05) is 23.1 Å². The number of amides is 1. The number of aliphatic hydroxyl groups is 1. The van der Waals surface area contributed by atoms with E-state index >= 15 is 0 Å². The molecule has 1 aliphatic carbocycles. The maximum atomic E-state index is 12.4. The van der Waals surface area contributed by atoms with Crippen LogP contribution in [0.4, 0.5) is 5.69 Å². The average Bonchev–Trinajstić information content (AvgIpc) is 2.68. The van der Waals surface area contributed by atoms with Crippen LogP contribution in [0.3, 0.4) is 0 Å². The molecule has 1 atom stereocenters. The van der Waals surface area contributed by atoms with Crippen LogP contribution in [0.2, 0.25) is 0 Å². The van der Waals surface area contributed by atoms with Crippen LogP contribution in [0.5, 0.6) is 0 Å². The van der Waals surface area contributed by atoms with Gasteiger partial charge in [-0.15, -0.1) is 0 Å². The van der Waals surface area contributed by atoms with Gasteiger partial charge in [-0.1, -0.05) is 37.5 Å². The fraction of sp³-hybridized carbons (Fsp3) is 0.611. The molecule has 3 heteroatoms. The molecule has 3 nitrogen and oxygen atoms in total. The number of benzene rings is 1. The van der Waals surface area contributed by atoms with Crippen LogP contribution in [0.15, 0.2) is 24.3 Å². The Morgan fingerprint density at radius 3 is 2.67 bits per heavy atom. The molecule has 1 aromatic carbocycles. The third-order valence-electron chi connectivity index (χ3n) is 4.98. The van der Waals surface area contributed by atoms with Gasteiger partial charge in [-0.25, -0.2) is 0 Å². The zero-order chi connectivity index (χ0) is 14.7. The lowest BCUT2D eigenvalue weighted by molar-refractivity contribution is -0.119. The van der Waals surface area contributed by atoms with Gasteiger partial charge < -0.3 is 10.0 Å². The number of para-hydroxylation sites is 1. The highest BCUT2D eigenvalue weighted by molar-refractivity contribution is 5.94. The molecule has 114 valence electrons. The van der Waals surface area contributed by atoms with Crippen molar-refractivity contribution in [3.05, 3.63) is 29.8 Å². The predicted molar refractivity (Wildman–Crippen MR) is 84.3 cm³/mol. The van der Waals surface area contributed by atoms with Gasteiger partial charge in [0, 0.05) is 12.1 Å². The van der Waals surface area contributed by atoms with Crippen molar-refractivity contribution in [2.24, 2.45) is 5.92 Å². The Hall–Kier alpha value is -1.35. The Labute approximate surface area is 127 Å². The standard InChI is InChI=1S/C18H25NO2/c20-17(15-8-2-1-3-9-15)13-19-16-11-5-4-7-14(16)10-6-12-18(19)21/h4-5,7,11,15,17,20H,1-3,6,8-10,12-13H2. The molecule has 1 aromatic rings. The SMILES string of the molecule is O=C1CCCc2ccccc2N1CC(O)C1CCCCC1. The fourth-order valence-corrected chi connectivity index (χ4v) is 3.74. The van der Waals surface area contributed by atoms with Crippen molar-refractivity contribution < 1.29 is 9.90 Å². The first-order valence-electron chi connectivity index (χ1n) is 8.32. The first kappa shape index (κ1) is 14.6. The van der Waals surface area contributed by atoms with Crippen molar-refractivity contribution >= 4 is 11.6 Å². The summed E-state index contributed by atoms with van der Waals surface area (Å²) in [5.74, 6) is 0.525. The molecule has 0 saturated heterocycles. The summed E-state index contributed by atoms with van der Waals surface area (Å²) in [6.45, 7) is 0.459. The minimum Gasteiger partial charge on any atom is -0.391 e. The van der Waals surface area contributed by atoms with Crippen LogP contribution in [0, 0.1) is 5.92 Å². The lowest BCUT2D eigenvalue weighted by atomic mass is 9.85. The van der Waals surface area contributed by atoms with Crippen LogP contribution in [0.25, 0.3) is 0 Å². The van der Waals surface area contributed by atoms with Crippen LogP contribution >= 0.6 is 0 Å². The third kappa shape index (κ3) is 3.29. The van der Waals surface area contributed by atoms with Gasteiger partial charge in [0.1, 0.15) is 0 Å². The molecule has 0 radical (unpaired) electrons. The molecular weight excluding hydrogens is 262 g/mol. The molecule has 1 N–H and O–H groups in total. The van der Waals surface area contributed by atoms with E-state index in [1.54, 1.807) is 0 Å². The third-order valence-corrected chi connectivity index (χ3v) is 4.98. The highest BCUT2D eigenvalue weighted by Crippen LogP contribution is 2.30. The summed E-state index contributed by atoms with van der Waals surface area (Å²) in [6, 6.07) is 8.14. The smallest absolute Gasteiger partial charge is 0.227 e. The number of rotatable bonds is 3. The minimum absolute atomic E-state index is 0.162. The van der Waals surface area contributed by atoms with E-state index in [4.69, 9.17) is 0 Å². The minimum atomic E-state index is -0.389. The molecule has 1 heterocycles. The first-order chi connectivity index (χ1) is 10.3. The summed E-state index contributed by atoms with van der Waals surface area (Å²) >= 11 is 0. The molecule has 1 saturated carbocycles. The van der Waals surface area contributed by atoms with Gasteiger partial charge in [0.2, 0.25) is 5.91 Å². The molecule has 21 heavy (non-hydrogen) atoms. The van der Waals surface area contributed by atoms with Crippen LogP contribution in [-0.2, 0) is 11.2 Å². The van der Waals surface area contributed by atoms with Crippen LogP contribution in [-0.4, -0.2) is 23.7 Å². The highest BCUT2D eigenvalue weighted by Gasteiger charge is 2.28. The van der Waals surface area contributed by atoms with Gasteiger partial charge in [-0.3, -0.25) is 4.79 Å². The number of aliphatic hydroxyl groups excluding tert-OH is 1. The van der Waals surface area contributed by atoms with Crippen molar-refractivity contribution in [2.45, 2.75) is 57.5 Å². The number of carbonyl (C=O) groups is 1. The summed E-state index contributed by atoms with van der Waals surface area (Å²) in [7, 11) is 0. The summed E-state index contributed by atoms with van der Waals surface area (Å²) in [5.41, 5.74) is 2.24. The molecule has 0 bridgehead atoms. The van der Waals surface area contributed by atoms with E-state index in [1.165, 1.54) is 24.8 Å². The van der Waals surface area contributed by atoms with Crippen molar-refractivity contribution in [1.29, 1.82) is 0 Å². The van der Waals surface area contributed by atoms with E-state index in [0.717, 1.165) is 31.4 Å². The number of β-amino-alcohol motifs (C(OH)–C–C–N with tert-alkyl or cyclic N) is 1. The largest absolute Gasteiger partial charge is 0.391 e. The molecule has 1 amide bonds. The summed E-state index contributed by atoms with van der Waals surface area (Å²) in [5, 5.41) is 10.6. The number of fused-ring (bicyclic) bond motifs is 1. The Morgan fingerprint density at radius 1 is 1.10 bits per heavy atom. The predicted octanol–water partition coefficient (Wildman–Crippen LogP) is 3.30. The zero-order valence-corrected chi connectivity index (χ0v) is 12.6. The Kier molecular flexibility index (Phi) is 4.59. The molecule has 1 unspecified atom stereocenters. The van der Waals surface area contributed by atoms with Gasteiger partial charge in [-0.2, -0.15) is 0 Å². The average molecular weight is 287 g/mol. The van der Waals surface area contributed by atoms with Crippen LogP contribution in [0.1, 0.15) is 50.5 Å². The Balaban J connectivity index is 1.77. The van der Waals surface area contributed by atoms with Crippen molar-refractivity contribution in [2.75, 3.05) is 11.4 Å². The number of nitrogens with zero attached hydrogens (tertiary/aromatic N) is 1. The molecule has 0 aromatic heterocycles. The molecule has 2 aliphatic rings. The topological polar surface area (TPSA) is 40.5 Å². The van der Waals surface area contributed by atoms with Gasteiger partial charge in [0.15, 0.2) is 0 Å². The molecule has 0 spiro atoms. The second-order valence-corrected chi connectivity index (χ2v) is 6.45. The van der Waals surface area contributed by atoms with Gasteiger partial charge in [0.05, 0.1) is 12.6 Å². The number of carbonyl (C=O) groups excluding carboxylic acids is 1. The van der Waals surface area contributed by atoms with E-state index in [2.05, 4.69) is 6.07 Å². The second kappa shape index (κ2) is 6.61. The van der Waals surface area contributed by atoms with E-state index < -0.39 is 0 Å². The van der Waals surface area contributed by atoms with Gasteiger partial charge >= 0.3 is 0 Å². The number of hydrogen-bond donors (Lipinski definition) is 1. The quantitative estimate of drug-likeness (QED) is 0.926. The van der Waals surface area contributed by atoms with E-state index in [9.17, 15) is 9.90 Å². The summed E-state index contributed by atoms with van der Waals surface area (Å²) in [4.78, 5) is 14.2. The van der Waals surface area contributed by atoms with Gasteiger partial charge in [0.25, 0.3) is 0 Å². The van der Waals surface area contributed by atoms with Crippen molar-refractivity contribution in [3.8, 4) is 0 Å². The first-order valence-corrected chi connectivity index (χ1v) is 8.32. The fourth-order valence-electron chi connectivity index (χ4n) is 3.74. The maximum absolute atomic E-state index is 12.4. The lowest BCUT2D eigenvalue weighted by Gasteiger charge is -2.31. The number of aryl methyl sites for hydroxylation is 1. The van der Waals surface area contributed by atoms with Crippen molar-refractivity contribution in [3.63, 3.8) is 0 Å². The van der Waals surface area contributed by atoms with Gasteiger partial charge in [-0.05, 0) is 43.2 Å².